The van der Waals surface area contributed by atoms with Crippen LogP contribution in [0.3, 0.4) is 0 Å². The van der Waals surface area contributed by atoms with Crippen molar-refractivity contribution in [3.05, 3.63) is 78.0 Å². The second-order valence-corrected chi connectivity index (χ2v) is 7.17. The molecular weight excluding hydrogens is 332 g/mol. The summed E-state index contributed by atoms with van der Waals surface area (Å²) in [5.74, 6) is 1.49. The van der Waals surface area contributed by atoms with E-state index in [1.165, 1.54) is 11.3 Å². The van der Waals surface area contributed by atoms with Crippen LogP contribution in [0.25, 0.3) is 5.69 Å². The topological polar surface area (TPSA) is 38.4 Å². The molecule has 0 saturated carbocycles. The Hall–Kier alpha value is -2.40. The van der Waals surface area contributed by atoms with Crippen molar-refractivity contribution in [1.29, 1.82) is 0 Å². The van der Waals surface area contributed by atoms with Gasteiger partial charge >= 0.3 is 0 Å². The van der Waals surface area contributed by atoms with Crippen LogP contribution in [-0.2, 0) is 17.8 Å². The van der Waals surface area contributed by atoms with Gasteiger partial charge in [-0.25, -0.2) is 0 Å². The lowest BCUT2D eigenvalue weighted by atomic mass is 10.1. The largest absolute Gasteiger partial charge is 0.467 e. The maximum Gasteiger partial charge on any atom is 0.234 e. The summed E-state index contributed by atoms with van der Waals surface area (Å²) < 4.78 is 7.58. The number of thioether (sulfide) groups is 1. The molecule has 4 nitrogen and oxygen atoms in total. The molecule has 128 valence electrons. The zero-order valence-electron chi connectivity index (χ0n) is 14.1. The third-order valence-electron chi connectivity index (χ3n) is 4.53. The van der Waals surface area contributed by atoms with Crippen molar-refractivity contribution in [2.24, 2.45) is 0 Å². The normalized spacial score (nSPS) is 17.4. The highest BCUT2D eigenvalue weighted by atomic mass is 32.2. The molecule has 3 aromatic rings. The first-order valence-electron chi connectivity index (χ1n) is 8.46. The van der Waals surface area contributed by atoms with Crippen molar-refractivity contribution in [1.82, 2.24) is 9.47 Å². The lowest BCUT2D eigenvalue weighted by Gasteiger charge is -2.22. The minimum atomic E-state index is 0.0349. The molecule has 3 heterocycles. The number of hydrogen-bond acceptors (Lipinski definition) is 3. The summed E-state index contributed by atoms with van der Waals surface area (Å²) in [6.45, 7) is 2.68. The fraction of sp³-hybridized carbons (Fsp3) is 0.250. The fourth-order valence-corrected chi connectivity index (χ4v) is 4.41. The summed E-state index contributed by atoms with van der Waals surface area (Å²) in [6.07, 6.45) is 6.86. The van der Waals surface area contributed by atoms with Gasteiger partial charge in [0.05, 0.1) is 18.6 Å². The SMILES string of the molecule is CCc1ccccc1-n1ccc(C2SCC(=O)N2Cc2ccco2)c1. The molecule has 5 heteroatoms. The Morgan fingerprint density at radius 2 is 2.08 bits per heavy atom. The predicted molar refractivity (Wildman–Crippen MR) is 99.6 cm³/mol. The van der Waals surface area contributed by atoms with Gasteiger partial charge in [-0.1, -0.05) is 25.1 Å². The number of carbonyl (C=O) groups is 1. The molecule has 1 unspecified atom stereocenters. The summed E-state index contributed by atoms with van der Waals surface area (Å²) >= 11 is 1.67. The smallest absolute Gasteiger partial charge is 0.234 e. The van der Waals surface area contributed by atoms with Crippen molar-refractivity contribution in [2.45, 2.75) is 25.3 Å². The maximum absolute atomic E-state index is 12.3. The third-order valence-corrected chi connectivity index (χ3v) is 5.78. The van der Waals surface area contributed by atoms with E-state index in [0.717, 1.165) is 17.7 Å². The molecule has 1 atom stereocenters. The number of carbonyl (C=O) groups excluding carboxylic acids is 1. The molecule has 2 aromatic heterocycles. The molecule has 4 rings (SSSR count). The van der Waals surface area contributed by atoms with E-state index in [4.69, 9.17) is 4.42 Å². The summed E-state index contributed by atoms with van der Waals surface area (Å²) in [4.78, 5) is 14.2. The monoisotopic (exact) mass is 352 g/mol. The van der Waals surface area contributed by atoms with Crippen LogP contribution >= 0.6 is 11.8 Å². The van der Waals surface area contributed by atoms with Crippen molar-refractivity contribution in [3.63, 3.8) is 0 Å². The third kappa shape index (κ3) is 3.12. The summed E-state index contributed by atoms with van der Waals surface area (Å²) in [5.41, 5.74) is 3.66. The molecule has 1 aromatic carbocycles. The van der Waals surface area contributed by atoms with Crippen LogP contribution < -0.4 is 0 Å². The van der Waals surface area contributed by atoms with Gasteiger partial charge in [-0.15, -0.1) is 11.8 Å². The van der Waals surface area contributed by atoms with E-state index in [0.29, 0.717) is 12.3 Å². The quantitative estimate of drug-likeness (QED) is 0.683. The van der Waals surface area contributed by atoms with Gasteiger partial charge in [0.1, 0.15) is 11.1 Å². The van der Waals surface area contributed by atoms with Gasteiger partial charge in [-0.2, -0.15) is 0 Å². The molecule has 0 N–H and O–H groups in total. The number of nitrogens with zero attached hydrogens (tertiary/aromatic N) is 2. The van der Waals surface area contributed by atoms with E-state index in [1.807, 2.05) is 17.0 Å². The Labute approximate surface area is 151 Å². The Balaban J connectivity index is 1.61. The Morgan fingerprint density at radius 3 is 2.88 bits per heavy atom. The zero-order valence-corrected chi connectivity index (χ0v) is 14.9. The van der Waals surface area contributed by atoms with Crippen molar-refractivity contribution in [2.75, 3.05) is 5.75 Å². The molecule has 1 fully saturated rings. The highest BCUT2D eigenvalue weighted by Crippen LogP contribution is 2.40. The van der Waals surface area contributed by atoms with E-state index in [-0.39, 0.29) is 11.3 Å². The van der Waals surface area contributed by atoms with E-state index < -0.39 is 0 Å². The molecule has 0 bridgehead atoms. The zero-order chi connectivity index (χ0) is 17.2. The Bertz CT molecular complexity index is 869. The Morgan fingerprint density at radius 1 is 1.20 bits per heavy atom. The highest BCUT2D eigenvalue weighted by molar-refractivity contribution is 8.00. The first-order valence-corrected chi connectivity index (χ1v) is 9.50. The molecule has 0 radical (unpaired) electrons. The molecule has 0 spiro atoms. The minimum absolute atomic E-state index is 0.0349. The van der Waals surface area contributed by atoms with Gasteiger partial charge in [0.25, 0.3) is 0 Å². The maximum atomic E-state index is 12.3. The van der Waals surface area contributed by atoms with Gasteiger partial charge in [0, 0.05) is 23.6 Å². The number of amides is 1. The number of hydrogen-bond donors (Lipinski definition) is 0. The van der Waals surface area contributed by atoms with E-state index in [1.54, 1.807) is 18.0 Å². The average Bonchev–Trinajstić information content (AvgIpc) is 3.38. The minimum Gasteiger partial charge on any atom is -0.467 e. The summed E-state index contributed by atoms with van der Waals surface area (Å²) in [7, 11) is 0. The number of aryl methyl sites for hydroxylation is 1. The van der Waals surface area contributed by atoms with Crippen LogP contribution in [0.2, 0.25) is 0 Å². The van der Waals surface area contributed by atoms with E-state index >= 15 is 0 Å². The molecular formula is C20H20N2O2S. The van der Waals surface area contributed by atoms with Gasteiger partial charge < -0.3 is 13.9 Å². The van der Waals surface area contributed by atoms with Crippen LogP contribution in [0.5, 0.6) is 0 Å². The van der Waals surface area contributed by atoms with Gasteiger partial charge in [0.15, 0.2) is 0 Å². The van der Waals surface area contributed by atoms with E-state index in [2.05, 4.69) is 54.2 Å². The van der Waals surface area contributed by atoms with Crippen LogP contribution in [0, 0.1) is 0 Å². The van der Waals surface area contributed by atoms with Gasteiger partial charge in [-0.05, 0) is 36.2 Å². The number of aromatic nitrogens is 1. The molecule has 1 aliphatic heterocycles. The van der Waals surface area contributed by atoms with Gasteiger partial charge in [-0.3, -0.25) is 4.79 Å². The van der Waals surface area contributed by atoms with Crippen molar-refractivity contribution in [3.8, 4) is 5.69 Å². The van der Waals surface area contributed by atoms with Gasteiger partial charge in [0.2, 0.25) is 5.91 Å². The number of rotatable bonds is 5. The lowest BCUT2D eigenvalue weighted by molar-refractivity contribution is -0.128. The second-order valence-electron chi connectivity index (χ2n) is 6.10. The number of benzene rings is 1. The summed E-state index contributed by atoms with van der Waals surface area (Å²) in [5, 5.41) is 0.0349. The summed E-state index contributed by atoms with van der Waals surface area (Å²) in [6, 6.07) is 14.3. The van der Waals surface area contributed by atoms with Crippen molar-refractivity contribution >= 4 is 17.7 Å². The average molecular weight is 352 g/mol. The number of para-hydroxylation sites is 1. The lowest BCUT2D eigenvalue weighted by Crippen LogP contribution is -2.27. The standard InChI is InChI=1S/C20H20N2O2S/c1-2-15-6-3-4-8-18(15)21-10-9-16(12-21)20-22(19(23)14-25-20)13-17-7-5-11-24-17/h3-12,20H,2,13-14H2,1H3. The first kappa shape index (κ1) is 16.1. The van der Waals surface area contributed by atoms with Crippen LogP contribution in [0.1, 0.15) is 29.2 Å². The molecule has 1 amide bonds. The van der Waals surface area contributed by atoms with Crippen LogP contribution in [0.4, 0.5) is 0 Å². The number of furan rings is 1. The fourth-order valence-electron chi connectivity index (χ4n) is 3.24. The highest BCUT2D eigenvalue weighted by Gasteiger charge is 2.33. The molecule has 25 heavy (non-hydrogen) atoms. The van der Waals surface area contributed by atoms with E-state index in [9.17, 15) is 4.79 Å². The predicted octanol–water partition coefficient (Wildman–Crippen LogP) is 4.41. The molecule has 1 saturated heterocycles. The van der Waals surface area contributed by atoms with Crippen molar-refractivity contribution < 1.29 is 9.21 Å². The first-order chi connectivity index (χ1) is 12.3. The molecule has 0 aliphatic carbocycles. The molecule has 1 aliphatic rings. The second kappa shape index (κ2) is 6.84. The van der Waals surface area contributed by atoms with Crippen LogP contribution in [0.15, 0.2) is 65.5 Å². The van der Waals surface area contributed by atoms with Crippen LogP contribution in [-0.4, -0.2) is 21.1 Å². The Kier molecular flexibility index (Phi) is 4.40.